The molecular weight excluding hydrogens is 302 g/mol. The average molecular weight is 329 g/mol. The second-order valence-corrected chi connectivity index (χ2v) is 6.42. The van der Waals surface area contributed by atoms with E-state index >= 15 is 0 Å². The summed E-state index contributed by atoms with van der Waals surface area (Å²) in [4.78, 5) is 14.3. The van der Waals surface area contributed by atoms with Gasteiger partial charge in [-0.1, -0.05) is 32.0 Å². The van der Waals surface area contributed by atoms with Crippen LogP contribution < -0.4 is 15.5 Å². The molecule has 0 aliphatic heterocycles. The molecule has 1 atom stereocenters. The lowest BCUT2D eigenvalue weighted by molar-refractivity contribution is 0.251. The van der Waals surface area contributed by atoms with Gasteiger partial charge in [0.05, 0.1) is 6.20 Å². The number of hydrogen-bond acceptors (Lipinski definition) is 3. The number of para-hydroxylation sites is 1. The van der Waals surface area contributed by atoms with Crippen molar-refractivity contribution in [1.82, 2.24) is 15.1 Å². The van der Waals surface area contributed by atoms with Gasteiger partial charge >= 0.3 is 6.03 Å². The van der Waals surface area contributed by atoms with E-state index in [-0.39, 0.29) is 12.1 Å². The molecule has 1 heterocycles. The number of nitrogens with one attached hydrogen (secondary N) is 2. The molecule has 0 aliphatic rings. The Hall–Kier alpha value is -2.50. The smallest absolute Gasteiger partial charge is 0.320 e. The molecular formula is C18H27N5O. The summed E-state index contributed by atoms with van der Waals surface area (Å²) in [6.45, 7) is 7.64. The van der Waals surface area contributed by atoms with E-state index < -0.39 is 0 Å². The van der Waals surface area contributed by atoms with Crippen molar-refractivity contribution in [1.29, 1.82) is 0 Å². The van der Waals surface area contributed by atoms with Gasteiger partial charge in [-0.2, -0.15) is 5.10 Å². The number of anilines is 2. The minimum atomic E-state index is -0.214. The number of amides is 2. The highest BCUT2D eigenvalue weighted by molar-refractivity contribution is 5.88. The fraction of sp³-hybridized carbons (Fsp3) is 0.444. The summed E-state index contributed by atoms with van der Waals surface area (Å²) >= 11 is 0. The van der Waals surface area contributed by atoms with Crippen LogP contribution in [0.5, 0.6) is 0 Å². The molecule has 0 saturated carbocycles. The Morgan fingerprint density at radius 2 is 1.92 bits per heavy atom. The molecule has 0 radical (unpaired) electrons. The Morgan fingerprint density at radius 3 is 2.58 bits per heavy atom. The van der Waals surface area contributed by atoms with Crippen LogP contribution in [-0.2, 0) is 6.54 Å². The molecule has 0 aliphatic carbocycles. The Morgan fingerprint density at radius 1 is 1.21 bits per heavy atom. The van der Waals surface area contributed by atoms with E-state index in [0.717, 1.165) is 12.2 Å². The number of hydrogen-bond donors (Lipinski definition) is 2. The van der Waals surface area contributed by atoms with Gasteiger partial charge in [-0.3, -0.25) is 5.32 Å². The van der Waals surface area contributed by atoms with Crippen molar-refractivity contribution in [2.45, 2.75) is 33.4 Å². The molecule has 1 aromatic heterocycles. The summed E-state index contributed by atoms with van der Waals surface area (Å²) in [6, 6.07) is 11.9. The number of carbonyl (C=O) groups is 1. The highest BCUT2D eigenvalue weighted by Gasteiger charge is 2.12. The molecule has 2 rings (SSSR count). The lowest BCUT2D eigenvalue weighted by Gasteiger charge is -2.27. The van der Waals surface area contributed by atoms with Crippen LogP contribution in [0.25, 0.3) is 0 Å². The van der Waals surface area contributed by atoms with Crippen LogP contribution in [0.3, 0.4) is 0 Å². The van der Waals surface area contributed by atoms with E-state index in [1.54, 1.807) is 6.20 Å². The van der Waals surface area contributed by atoms with Crippen LogP contribution >= 0.6 is 0 Å². The molecule has 0 bridgehead atoms. The molecule has 1 aromatic carbocycles. The second-order valence-electron chi connectivity index (χ2n) is 6.42. The maximum absolute atomic E-state index is 12.1. The van der Waals surface area contributed by atoms with E-state index in [0.29, 0.717) is 18.3 Å². The van der Waals surface area contributed by atoms with Gasteiger partial charge in [0, 0.05) is 37.9 Å². The van der Waals surface area contributed by atoms with Crippen LogP contribution in [0.1, 0.15) is 20.8 Å². The molecule has 6 heteroatoms. The number of likely N-dealkylation sites (N-methyl/N-ethyl adjacent to an activating group) is 1. The van der Waals surface area contributed by atoms with Gasteiger partial charge in [0.2, 0.25) is 0 Å². The van der Waals surface area contributed by atoms with E-state index in [4.69, 9.17) is 0 Å². The SMILES string of the molecule is CC(C)Cn1nccc1NC(=O)NC[C@@H](C)N(C)c1ccccc1. The largest absolute Gasteiger partial charge is 0.370 e. The quantitative estimate of drug-likeness (QED) is 0.820. The third kappa shape index (κ3) is 5.01. The first-order chi connectivity index (χ1) is 11.5. The molecule has 2 N–H and O–H groups in total. The lowest BCUT2D eigenvalue weighted by Crippen LogP contribution is -2.42. The topological polar surface area (TPSA) is 62.2 Å². The normalized spacial score (nSPS) is 12.0. The number of nitrogens with zero attached hydrogens (tertiary/aromatic N) is 3. The summed E-state index contributed by atoms with van der Waals surface area (Å²) in [5, 5.41) is 10.0. The van der Waals surface area contributed by atoms with Crippen molar-refractivity contribution in [3.05, 3.63) is 42.6 Å². The second kappa shape index (κ2) is 8.38. The molecule has 0 spiro atoms. The zero-order valence-corrected chi connectivity index (χ0v) is 14.9. The summed E-state index contributed by atoms with van der Waals surface area (Å²) in [7, 11) is 2.03. The monoisotopic (exact) mass is 329 g/mol. The third-order valence-electron chi connectivity index (χ3n) is 3.88. The van der Waals surface area contributed by atoms with Crippen LogP contribution in [0.4, 0.5) is 16.3 Å². The first-order valence-electron chi connectivity index (χ1n) is 8.32. The highest BCUT2D eigenvalue weighted by atomic mass is 16.2. The van der Waals surface area contributed by atoms with E-state index in [1.165, 1.54) is 0 Å². The van der Waals surface area contributed by atoms with Crippen molar-refractivity contribution in [3.8, 4) is 0 Å². The maximum Gasteiger partial charge on any atom is 0.320 e. The molecule has 2 aromatic rings. The standard InChI is InChI=1S/C18H27N5O/c1-14(2)13-23-17(10-11-20-23)21-18(24)19-12-15(3)22(4)16-8-6-5-7-9-16/h5-11,14-15H,12-13H2,1-4H3,(H2,19,21,24)/t15-/m1/s1. The van der Waals surface area contributed by atoms with Crippen LogP contribution in [0.2, 0.25) is 0 Å². The van der Waals surface area contributed by atoms with Gasteiger partial charge in [0.15, 0.2) is 0 Å². The zero-order chi connectivity index (χ0) is 17.5. The van der Waals surface area contributed by atoms with Crippen molar-refractivity contribution in [2.24, 2.45) is 5.92 Å². The van der Waals surface area contributed by atoms with Crippen molar-refractivity contribution in [3.63, 3.8) is 0 Å². The summed E-state index contributed by atoms with van der Waals surface area (Å²) in [6.07, 6.45) is 1.70. The Bertz CT molecular complexity index is 638. The summed E-state index contributed by atoms with van der Waals surface area (Å²) in [5.41, 5.74) is 1.13. The fourth-order valence-corrected chi connectivity index (χ4v) is 2.39. The fourth-order valence-electron chi connectivity index (χ4n) is 2.39. The number of rotatable bonds is 7. The van der Waals surface area contributed by atoms with Crippen LogP contribution in [-0.4, -0.2) is 35.4 Å². The van der Waals surface area contributed by atoms with Crippen LogP contribution in [0.15, 0.2) is 42.6 Å². The minimum Gasteiger partial charge on any atom is -0.370 e. The Labute approximate surface area is 143 Å². The zero-order valence-electron chi connectivity index (χ0n) is 14.9. The van der Waals surface area contributed by atoms with E-state index in [2.05, 4.69) is 53.5 Å². The van der Waals surface area contributed by atoms with E-state index in [1.807, 2.05) is 36.0 Å². The van der Waals surface area contributed by atoms with Crippen molar-refractivity contribution < 1.29 is 4.79 Å². The third-order valence-corrected chi connectivity index (χ3v) is 3.88. The highest BCUT2D eigenvalue weighted by Crippen LogP contribution is 2.13. The van der Waals surface area contributed by atoms with Gasteiger partial charge < -0.3 is 10.2 Å². The molecule has 2 amide bonds. The molecule has 0 fully saturated rings. The maximum atomic E-state index is 12.1. The van der Waals surface area contributed by atoms with Gasteiger partial charge in [-0.05, 0) is 25.0 Å². The van der Waals surface area contributed by atoms with Gasteiger partial charge in [0.1, 0.15) is 5.82 Å². The molecule has 0 unspecified atom stereocenters. The predicted octanol–water partition coefficient (Wildman–Crippen LogP) is 3.19. The van der Waals surface area contributed by atoms with Gasteiger partial charge in [-0.25, -0.2) is 9.48 Å². The Balaban J connectivity index is 1.84. The van der Waals surface area contributed by atoms with Gasteiger partial charge in [-0.15, -0.1) is 0 Å². The van der Waals surface area contributed by atoms with Crippen LogP contribution in [0, 0.1) is 5.92 Å². The van der Waals surface area contributed by atoms with Gasteiger partial charge in [0.25, 0.3) is 0 Å². The molecule has 130 valence electrons. The first-order valence-corrected chi connectivity index (χ1v) is 8.32. The Kier molecular flexibility index (Phi) is 6.23. The number of aromatic nitrogens is 2. The summed E-state index contributed by atoms with van der Waals surface area (Å²) in [5.74, 6) is 1.18. The number of benzene rings is 1. The van der Waals surface area contributed by atoms with E-state index in [9.17, 15) is 4.79 Å². The number of carbonyl (C=O) groups excluding carboxylic acids is 1. The molecule has 24 heavy (non-hydrogen) atoms. The predicted molar refractivity (Wildman–Crippen MR) is 98.4 cm³/mol. The summed E-state index contributed by atoms with van der Waals surface area (Å²) < 4.78 is 1.81. The van der Waals surface area contributed by atoms with Crippen molar-refractivity contribution >= 4 is 17.5 Å². The number of urea groups is 1. The lowest BCUT2D eigenvalue weighted by atomic mass is 10.2. The van der Waals surface area contributed by atoms with Crippen molar-refractivity contribution in [2.75, 3.05) is 23.8 Å². The first kappa shape index (κ1) is 17.8. The molecule has 0 saturated heterocycles. The minimum absolute atomic E-state index is 0.179. The molecule has 6 nitrogen and oxygen atoms in total. The average Bonchev–Trinajstić information content (AvgIpc) is 2.98.